The van der Waals surface area contributed by atoms with Gasteiger partial charge in [0.2, 0.25) is 0 Å². The first-order valence-corrected chi connectivity index (χ1v) is 7.56. The van der Waals surface area contributed by atoms with E-state index in [1.54, 1.807) is 23.9 Å². The monoisotopic (exact) mass is 295 g/mol. The van der Waals surface area contributed by atoms with Crippen LogP contribution in [-0.2, 0) is 0 Å². The molecule has 0 saturated heterocycles. The van der Waals surface area contributed by atoms with Gasteiger partial charge in [-0.25, -0.2) is 4.39 Å². The van der Waals surface area contributed by atoms with Crippen molar-refractivity contribution in [3.05, 3.63) is 58.9 Å². The van der Waals surface area contributed by atoms with Crippen LogP contribution in [0.1, 0.15) is 18.5 Å². The molecule has 0 radical (unpaired) electrons. The number of anilines is 1. The van der Waals surface area contributed by atoms with Crippen molar-refractivity contribution in [3.63, 3.8) is 0 Å². The highest BCUT2D eigenvalue weighted by molar-refractivity contribution is 7.98. The lowest BCUT2D eigenvalue weighted by Crippen LogP contribution is -2.06. The molecule has 2 rings (SSSR count). The average molecular weight is 296 g/mol. The maximum Gasteiger partial charge on any atom is 0.141 e. The van der Waals surface area contributed by atoms with E-state index in [4.69, 9.17) is 11.6 Å². The lowest BCUT2D eigenvalue weighted by atomic mass is 10.1. The van der Waals surface area contributed by atoms with Gasteiger partial charge in [0.25, 0.3) is 0 Å². The Morgan fingerprint density at radius 2 is 2.00 bits per heavy atom. The predicted octanol–water partition coefficient (Wildman–Crippen LogP) is 5.37. The van der Waals surface area contributed by atoms with E-state index in [1.165, 1.54) is 11.0 Å². The molecule has 0 aliphatic rings. The molecule has 2 aromatic carbocycles. The minimum absolute atomic E-state index is 0.0650. The number of thioether (sulfide) groups is 1. The summed E-state index contributed by atoms with van der Waals surface area (Å²) in [6, 6.07) is 13.1. The van der Waals surface area contributed by atoms with Crippen LogP contribution in [-0.4, -0.2) is 6.26 Å². The van der Waals surface area contributed by atoms with E-state index in [2.05, 4.69) is 17.4 Å². The minimum atomic E-state index is -0.387. The van der Waals surface area contributed by atoms with Gasteiger partial charge < -0.3 is 5.32 Å². The number of halogens is 2. The van der Waals surface area contributed by atoms with Crippen LogP contribution in [0.4, 0.5) is 10.1 Å². The Morgan fingerprint density at radius 3 is 2.68 bits per heavy atom. The zero-order chi connectivity index (χ0) is 13.8. The number of rotatable bonds is 4. The van der Waals surface area contributed by atoms with E-state index in [1.807, 2.05) is 25.3 Å². The third-order valence-corrected chi connectivity index (χ3v) is 3.91. The van der Waals surface area contributed by atoms with Crippen LogP contribution in [0, 0.1) is 5.82 Å². The summed E-state index contributed by atoms with van der Waals surface area (Å²) >= 11 is 7.50. The SMILES string of the molecule is CSc1cccc(NC(C)c2ccc(F)c(Cl)c2)c1. The summed E-state index contributed by atoms with van der Waals surface area (Å²) in [5.41, 5.74) is 2.00. The molecule has 0 bridgehead atoms. The van der Waals surface area contributed by atoms with Gasteiger partial charge in [0.15, 0.2) is 0 Å². The van der Waals surface area contributed by atoms with Gasteiger partial charge in [0.05, 0.1) is 5.02 Å². The van der Waals surface area contributed by atoms with E-state index in [0.29, 0.717) is 0 Å². The molecule has 4 heteroatoms. The highest BCUT2D eigenvalue weighted by Crippen LogP contribution is 2.25. The molecule has 0 heterocycles. The third kappa shape index (κ3) is 3.64. The van der Waals surface area contributed by atoms with Crippen LogP contribution in [0.3, 0.4) is 0 Å². The second kappa shape index (κ2) is 6.31. The number of benzene rings is 2. The van der Waals surface area contributed by atoms with Crippen molar-refractivity contribution in [2.24, 2.45) is 0 Å². The Hall–Kier alpha value is -1.19. The number of hydrogen-bond donors (Lipinski definition) is 1. The Bertz CT molecular complexity index is 574. The second-order valence-electron chi connectivity index (χ2n) is 4.27. The van der Waals surface area contributed by atoms with Crippen LogP contribution in [0.2, 0.25) is 5.02 Å². The van der Waals surface area contributed by atoms with Crippen molar-refractivity contribution in [2.75, 3.05) is 11.6 Å². The topological polar surface area (TPSA) is 12.0 Å². The molecule has 0 spiro atoms. The van der Waals surface area contributed by atoms with E-state index in [0.717, 1.165) is 11.3 Å². The summed E-state index contributed by atoms with van der Waals surface area (Å²) in [4.78, 5) is 1.20. The van der Waals surface area contributed by atoms with E-state index < -0.39 is 0 Å². The second-order valence-corrected chi connectivity index (χ2v) is 5.56. The van der Waals surface area contributed by atoms with Gasteiger partial charge in [-0.05, 0) is 49.1 Å². The maximum absolute atomic E-state index is 13.1. The fourth-order valence-corrected chi connectivity index (χ4v) is 2.48. The Labute approximate surface area is 122 Å². The fourth-order valence-electron chi connectivity index (χ4n) is 1.83. The molecule has 1 unspecified atom stereocenters. The number of nitrogens with one attached hydrogen (secondary N) is 1. The molecule has 1 N–H and O–H groups in total. The molecule has 1 atom stereocenters. The zero-order valence-electron chi connectivity index (χ0n) is 10.8. The normalized spacial score (nSPS) is 12.2. The van der Waals surface area contributed by atoms with Crippen LogP contribution >= 0.6 is 23.4 Å². The summed E-state index contributed by atoms with van der Waals surface area (Å²) in [6.45, 7) is 2.02. The van der Waals surface area contributed by atoms with Crippen molar-refractivity contribution in [3.8, 4) is 0 Å². The zero-order valence-corrected chi connectivity index (χ0v) is 12.4. The molecular weight excluding hydrogens is 281 g/mol. The predicted molar refractivity (Wildman–Crippen MR) is 81.7 cm³/mol. The van der Waals surface area contributed by atoms with Gasteiger partial charge >= 0.3 is 0 Å². The molecular formula is C15H15ClFNS. The Balaban J connectivity index is 2.15. The van der Waals surface area contributed by atoms with Crippen molar-refractivity contribution >= 4 is 29.1 Å². The summed E-state index contributed by atoms with van der Waals surface area (Å²) < 4.78 is 13.1. The van der Waals surface area contributed by atoms with Crippen molar-refractivity contribution in [1.29, 1.82) is 0 Å². The standard InChI is InChI=1S/C15H15ClFNS/c1-10(11-6-7-15(17)14(16)8-11)18-12-4-3-5-13(9-12)19-2/h3-10,18H,1-2H3. The smallest absolute Gasteiger partial charge is 0.141 e. The van der Waals surface area contributed by atoms with Crippen LogP contribution in [0.25, 0.3) is 0 Å². The van der Waals surface area contributed by atoms with E-state index in [-0.39, 0.29) is 16.9 Å². The summed E-state index contributed by atoms with van der Waals surface area (Å²) in [5.74, 6) is -0.387. The first-order chi connectivity index (χ1) is 9.10. The molecule has 0 amide bonds. The lowest BCUT2D eigenvalue weighted by Gasteiger charge is -2.16. The van der Waals surface area contributed by atoms with Gasteiger partial charge in [0, 0.05) is 16.6 Å². The van der Waals surface area contributed by atoms with E-state index >= 15 is 0 Å². The summed E-state index contributed by atoms with van der Waals surface area (Å²) in [7, 11) is 0. The third-order valence-electron chi connectivity index (χ3n) is 2.90. The molecule has 1 nitrogen and oxygen atoms in total. The molecule has 0 fully saturated rings. The molecule has 0 aliphatic heterocycles. The number of hydrogen-bond acceptors (Lipinski definition) is 2. The van der Waals surface area contributed by atoms with Gasteiger partial charge in [-0.15, -0.1) is 11.8 Å². The molecule has 0 aliphatic carbocycles. The highest BCUT2D eigenvalue weighted by Gasteiger charge is 2.08. The molecule has 0 saturated carbocycles. The van der Waals surface area contributed by atoms with Crippen LogP contribution < -0.4 is 5.32 Å². The summed E-state index contributed by atoms with van der Waals surface area (Å²) in [5, 5.41) is 3.54. The van der Waals surface area contributed by atoms with Crippen LogP contribution in [0.5, 0.6) is 0 Å². The molecule has 19 heavy (non-hydrogen) atoms. The molecule has 100 valence electrons. The van der Waals surface area contributed by atoms with Crippen molar-refractivity contribution in [1.82, 2.24) is 0 Å². The maximum atomic E-state index is 13.1. The summed E-state index contributed by atoms with van der Waals surface area (Å²) in [6.07, 6.45) is 2.04. The van der Waals surface area contributed by atoms with Gasteiger partial charge in [-0.3, -0.25) is 0 Å². The lowest BCUT2D eigenvalue weighted by molar-refractivity contribution is 0.627. The van der Waals surface area contributed by atoms with Gasteiger partial charge in [-0.2, -0.15) is 0 Å². The Kier molecular flexibility index (Phi) is 4.72. The first-order valence-electron chi connectivity index (χ1n) is 5.95. The molecule has 0 aromatic heterocycles. The highest BCUT2D eigenvalue weighted by atomic mass is 35.5. The van der Waals surface area contributed by atoms with Gasteiger partial charge in [0.1, 0.15) is 5.82 Å². The first kappa shape index (κ1) is 14.2. The molecule has 2 aromatic rings. The van der Waals surface area contributed by atoms with Crippen molar-refractivity contribution < 1.29 is 4.39 Å². The van der Waals surface area contributed by atoms with Crippen LogP contribution in [0.15, 0.2) is 47.4 Å². The Morgan fingerprint density at radius 1 is 1.21 bits per heavy atom. The quantitative estimate of drug-likeness (QED) is 0.761. The fraction of sp³-hybridized carbons (Fsp3) is 0.200. The van der Waals surface area contributed by atoms with Crippen molar-refractivity contribution in [2.45, 2.75) is 17.9 Å². The van der Waals surface area contributed by atoms with E-state index in [9.17, 15) is 4.39 Å². The van der Waals surface area contributed by atoms with Gasteiger partial charge in [-0.1, -0.05) is 23.7 Å². The largest absolute Gasteiger partial charge is 0.378 e. The average Bonchev–Trinajstić information content (AvgIpc) is 2.42. The minimum Gasteiger partial charge on any atom is -0.378 e.